The number of hydrogen-bond acceptors (Lipinski definition) is 15. The molecule has 0 fully saturated rings. The topological polar surface area (TPSA) is 237 Å². The average Bonchev–Trinajstić information content (AvgIpc) is 3.68. The summed E-state index contributed by atoms with van der Waals surface area (Å²) in [6.07, 6.45) is 39.1. The van der Waals surface area contributed by atoms with Crippen molar-refractivity contribution in [1.82, 2.24) is 0 Å². The number of esters is 4. The Morgan fingerprint density at radius 1 is 0.322 bits per heavy atom. The van der Waals surface area contributed by atoms with Gasteiger partial charge in [0.25, 0.3) is 0 Å². The van der Waals surface area contributed by atoms with Crippen LogP contribution in [0.1, 0.15) is 331 Å². The summed E-state index contributed by atoms with van der Waals surface area (Å²) in [6, 6.07) is 0. The van der Waals surface area contributed by atoms with Gasteiger partial charge in [-0.1, -0.05) is 280 Å². The van der Waals surface area contributed by atoms with Gasteiger partial charge in [-0.05, 0) is 49.4 Å². The molecule has 0 amide bonds. The molecule has 0 aliphatic carbocycles. The molecule has 87 heavy (non-hydrogen) atoms. The summed E-state index contributed by atoms with van der Waals surface area (Å²) in [6.45, 7) is 14.0. The number of phosphoric ester groups is 2. The number of rotatable bonds is 65. The number of hydrogen-bond donors (Lipinski definition) is 3. The highest BCUT2D eigenvalue weighted by Crippen LogP contribution is 2.45. The Balaban J connectivity index is 5.25. The maximum atomic E-state index is 13.0. The zero-order valence-electron chi connectivity index (χ0n) is 56.6. The number of aliphatic hydroxyl groups is 1. The van der Waals surface area contributed by atoms with Gasteiger partial charge in [0.2, 0.25) is 0 Å². The molecule has 3 N–H and O–H groups in total. The van der Waals surface area contributed by atoms with Crippen LogP contribution in [0.25, 0.3) is 0 Å². The van der Waals surface area contributed by atoms with E-state index < -0.39 is 97.5 Å². The monoisotopic (exact) mass is 1280 g/mol. The van der Waals surface area contributed by atoms with Gasteiger partial charge in [-0.3, -0.25) is 37.3 Å². The largest absolute Gasteiger partial charge is 0.472 e. The number of unbranched alkanes of at least 4 members (excludes halogenated alkanes) is 30. The van der Waals surface area contributed by atoms with Crippen molar-refractivity contribution in [3.63, 3.8) is 0 Å². The fourth-order valence-corrected chi connectivity index (χ4v) is 11.7. The molecule has 6 atom stereocenters. The number of carbonyl (C=O) groups excluding carboxylic acids is 4. The number of ether oxygens (including phenoxy) is 4. The highest BCUT2D eigenvalue weighted by molar-refractivity contribution is 7.47. The van der Waals surface area contributed by atoms with Gasteiger partial charge in [-0.15, -0.1) is 0 Å². The summed E-state index contributed by atoms with van der Waals surface area (Å²) in [4.78, 5) is 72.4. The number of carbonyl (C=O) groups is 4. The van der Waals surface area contributed by atoms with E-state index in [1.54, 1.807) is 0 Å². The van der Waals surface area contributed by atoms with Crippen molar-refractivity contribution in [2.24, 2.45) is 23.7 Å². The second-order valence-electron chi connectivity index (χ2n) is 26.2. The van der Waals surface area contributed by atoms with E-state index in [1.165, 1.54) is 122 Å². The minimum atomic E-state index is -4.95. The molecule has 0 saturated heterocycles. The van der Waals surface area contributed by atoms with Gasteiger partial charge in [0.05, 0.1) is 26.4 Å². The lowest BCUT2D eigenvalue weighted by Gasteiger charge is -2.21. The molecule has 0 aromatic rings. The molecular formula is C68H132O17P2. The second-order valence-corrected chi connectivity index (χ2v) is 29.1. The highest BCUT2D eigenvalue weighted by atomic mass is 31.2. The summed E-state index contributed by atoms with van der Waals surface area (Å²) < 4.78 is 68.2. The Kier molecular flexibility index (Phi) is 56.6. The molecular weight excluding hydrogens is 1150 g/mol. The van der Waals surface area contributed by atoms with Crippen molar-refractivity contribution in [2.75, 3.05) is 39.6 Å². The first kappa shape index (κ1) is 85.1. The van der Waals surface area contributed by atoms with Gasteiger partial charge in [0.1, 0.15) is 19.3 Å². The van der Waals surface area contributed by atoms with E-state index in [1.807, 2.05) is 0 Å². The lowest BCUT2D eigenvalue weighted by molar-refractivity contribution is -0.161. The molecule has 0 aliphatic rings. The predicted octanol–water partition coefficient (Wildman–Crippen LogP) is 18.9. The Hall–Kier alpha value is -1.94. The van der Waals surface area contributed by atoms with Crippen LogP contribution in [0.4, 0.5) is 0 Å². The van der Waals surface area contributed by atoms with Crippen molar-refractivity contribution in [2.45, 2.75) is 350 Å². The Morgan fingerprint density at radius 3 is 0.816 bits per heavy atom. The molecule has 0 aromatic carbocycles. The van der Waals surface area contributed by atoms with Gasteiger partial charge < -0.3 is 33.8 Å². The Labute approximate surface area is 530 Å². The van der Waals surface area contributed by atoms with E-state index in [-0.39, 0.29) is 25.7 Å². The van der Waals surface area contributed by atoms with Gasteiger partial charge in [-0.25, -0.2) is 9.13 Å². The van der Waals surface area contributed by atoms with Crippen LogP contribution in [0, 0.1) is 23.7 Å². The SMILES string of the molecule is CCC(C)CCCCCCCCC(=O)OC[C@H](COP(=O)(O)OC[C@@H](O)COP(=O)(O)OC[C@@H](COC(=O)CCCCCCCCC(C)C)OC(=O)CCCCCCCCCCCCCC(C)C)OC(=O)CCCCCCCCCCCCCC(C)C. The van der Waals surface area contributed by atoms with Crippen molar-refractivity contribution in [3.05, 3.63) is 0 Å². The van der Waals surface area contributed by atoms with Crippen LogP contribution in [-0.2, 0) is 65.4 Å². The Bertz CT molecular complexity index is 1730. The second kappa shape index (κ2) is 57.9. The lowest BCUT2D eigenvalue weighted by atomic mass is 10.00. The maximum Gasteiger partial charge on any atom is 0.472 e. The highest BCUT2D eigenvalue weighted by Gasteiger charge is 2.30. The van der Waals surface area contributed by atoms with Crippen LogP contribution in [0.15, 0.2) is 0 Å². The van der Waals surface area contributed by atoms with Gasteiger partial charge in [-0.2, -0.15) is 0 Å². The van der Waals surface area contributed by atoms with Crippen LogP contribution in [0.2, 0.25) is 0 Å². The summed E-state index contributed by atoms with van der Waals surface area (Å²) in [7, 11) is -9.90. The summed E-state index contributed by atoms with van der Waals surface area (Å²) in [5.74, 6) is 0.806. The molecule has 19 heteroatoms. The molecule has 516 valence electrons. The average molecular weight is 1280 g/mol. The zero-order chi connectivity index (χ0) is 64.7. The standard InChI is InChI=1S/C68H132O17P2/c1-9-61(8)47-39-31-25-27-33-41-49-66(71)79-55-64(85-68(73)51-43-35-23-19-15-11-13-17-21-29-37-45-59(4)5)57-83-87(76,77)81-53-62(69)52-80-86(74,75)82-56-63(54-78-65(70)48-40-32-26-24-30-38-46-60(6)7)84-67(72)50-42-34-22-18-14-10-12-16-20-28-36-44-58(2)3/h58-64,69H,9-57H2,1-8H3,(H,74,75)(H,76,77)/t61?,62-,63+,64+/m0/s1. The van der Waals surface area contributed by atoms with Crippen molar-refractivity contribution < 1.29 is 80.2 Å². The molecule has 0 spiro atoms. The fourth-order valence-electron chi connectivity index (χ4n) is 10.1. The van der Waals surface area contributed by atoms with Gasteiger partial charge in [0.15, 0.2) is 12.2 Å². The normalized spacial score (nSPS) is 14.6. The maximum absolute atomic E-state index is 13.0. The molecule has 0 saturated carbocycles. The van der Waals surface area contributed by atoms with Crippen LogP contribution in [0.5, 0.6) is 0 Å². The van der Waals surface area contributed by atoms with Crippen molar-refractivity contribution >= 4 is 39.5 Å². The zero-order valence-corrected chi connectivity index (χ0v) is 58.4. The number of phosphoric acid groups is 2. The van der Waals surface area contributed by atoms with E-state index in [9.17, 15) is 43.2 Å². The predicted molar refractivity (Wildman–Crippen MR) is 349 cm³/mol. The molecule has 0 radical (unpaired) electrons. The molecule has 0 heterocycles. The van der Waals surface area contributed by atoms with Crippen LogP contribution in [0.3, 0.4) is 0 Å². The molecule has 0 bridgehead atoms. The van der Waals surface area contributed by atoms with Crippen LogP contribution in [-0.4, -0.2) is 96.7 Å². The van der Waals surface area contributed by atoms with E-state index in [4.69, 9.17) is 37.0 Å². The van der Waals surface area contributed by atoms with Crippen LogP contribution >= 0.6 is 15.6 Å². The van der Waals surface area contributed by atoms with Crippen molar-refractivity contribution in [1.29, 1.82) is 0 Å². The Morgan fingerprint density at radius 2 is 0.552 bits per heavy atom. The lowest BCUT2D eigenvalue weighted by Crippen LogP contribution is -2.30. The first-order chi connectivity index (χ1) is 41.6. The van der Waals surface area contributed by atoms with Crippen molar-refractivity contribution in [3.8, 4) is 0 Å². The van der Waals surface area contributed by atoms with E-state index in [0.29, 0.717) is 31.6 Å². The van der Waals surface area contributed by atoms with Gasteiger partial charge in [0, 0.05) is 25.7 Å². The van der Waals surface area contributed by atoms with E-state index in [2.05, 4.69) is 55.4 Å². The molecule has 0 aromatic heterocycles. The summed E-state index contributed by atoms with van der Waals surface area (Å²) in [5, 5.41) is 10.6. The fraction of sp³-hybridized carbons (Fsp3) is 0.941. The third-order valence-electron chi connectivity index (χ3n) is 15.9. The summed E-state index contributed by atoms with van der Waals surface area (Å²) >= 11 is 0. The molecule has 0 aliphatic heterocycles. The van der Waals surface area contributed by atoms with Gasteiger partial charge >= 0.3 is 39.5 Å². The first-order valence-corrected chi connectivity index (χ1v) is 38.2. The molecule has 3 unspecified atom stereocenters. The van der Waals surface area contributed by atoms with E-state index >= 15 is 0 Å². The first-order valence-electron chi connectivity index (χ1n) is 35.2. The smallest absolute Gasteiger partial charge is 0.462 e. The minimum Gasteiger partial charge on any atom is -0.462 e. The number of aliphatic hydroxyl groups excluding tert-OH is 1. The third kappa shape index (κ3) is 61.3. The van der Waals surface area contributed by atoms with Crippen LogP contribution < -0.4 is 0 Å². The molecule has 0 rings (SSSR count). The quantitative estimate of drug-likeness (QED) is 0.0222. The third-order valence-corrected chi connectivity index (χ3v) is 17.8. The molecule has 17 nitrogen and oxygen atoms in total. The summed E-state index contributed by atoms with van der Waals surface area (Å²) in [5.41, 5.74) is 0. The van der Waals surface area contributed by atoms with E-state index in [0.717, 1.165) is 120 Å². The minimum absolute atomic E-state index is 0.105.